The van der Waals surface area contributed by atoms with Crippen LogP contribution in [0.3, 0.4) is 0 Å². The third kappa shape index (κ3) is 4.64. The van der Waals surface area contributed by atoms with E-state index < -0.39 is 6.09 Å². The summed E-state index contributed by atoms with van der Waals surface area (Å²) in [5.41, 5.74) is 4.77. The fourth-order valence-corrected chi connectivity index (χ4v) is 1.52. The molecule has 1 saturated heterocycles. The zero-order valence-corrected chi connectivity index (χ0v) is 8.62. The minimum absolute atomic E-state index is 0.0391. The van der Waals surface area contributed by atoms with Gasteiger partial charge in [0.25, 0.3) is 0 Å². The summed E-state index contributed by atoms with van der Waals surface area (Å²) in [6, 6.07) is -0.104. The Morgan fingerprint density at radius 3 is 2.87 bits per heavy atom. The minimum Gasteiger partial charge on any atom is -0.448 e. The first-order valence-electron chi connectivity index (χ1n) is 5.13. The van der Waals surface area contributed by atoms with Gasteiger partial charge in [0.05, 0.1) is 12.6 Å². The van der Waals surface area contributed by atoms with Gasteiger partial charge < -0.3 is 21.1 Å². The average Bonchev–Trinajstić information content (AvgIpc) is 2.25. The quantitative estimate of drug-likeness (QED) is 0.543. The smallest absolute Gasteiger partial charge is 0.404 e. The highest BCUT2D eigenvalue weighted by Crippen LogP contribution is 2.06. The molecule has 0 bridgehead atoms. The van der Waals surface area contributed by atoms with E-state index in [1.165, 1.54) is 0 Å². The van der Waals surface area contributed by atoms with Gasteiger partial charge in [0.2, 0.25) is 5.91 Å². The van der Waals surface area contributed by atoms with Crippen LogP contribution in [0.4, 0.5) is 4.79 Å². The van der Waals surface area contributed by atoms with Crippen LogP contribution in [-0.2, 0) is 9.53 Å². The molecule has 0 spiro atoms. The maximum Gasteiger partial charge on any atom is 0.404 e. The minimum atomic E-state index is -0.819. The summed E-state index contributed by atoms with van der Waals surface area (Å²) in [4.78, 5) is 21.7. The summed E-state index contributed by atoms with van der Waals surface area (Å²) in [5, 5.41) is 5.80. The summed E-state index contributed by atoms with van der Waals surface area (Å²) in [7, 11) is 0. The van der Waals surface area contributed by atoms with Gasteiger partial charge in [0, 0.05) is 0 Å². The van der Waals surface area contributed by atoms with Crippen molar-refractivity contribution in [2.45, 2.75) is 25.3 Å². The Balaban J connectivity index is 2.09. The number of primary amides is 1. The van der Waals surface area contributed by atoms with Crippen molar-refractivity contribution < 1.29 is 14.3 Å². The second-order valence-electron chi connectivity index (χ2n) is 3.46. The van der Waals surface area contributed by atoms with Crippen LogP contribution in [0.1, 0.15) is 19.3 Å². The standard InChI is InChI=1S/C9H17N3O3/c10-9(14)15-6-5-12-8(13)7-3-1-2-4-11-7/h7,11H,1-6H2,(H2,10,14)(H,12,13)/t7-/m0/s1. The lowest BCUT2D eigenvalue weighted by Crippen LogP contribution is -2.47. The molecule has 1 aliphatic heterocycles. The number of ether oxygens (including phenoxy) is 1. The molecule has 1 aliphatic rings. The van der Waals surface area contributed by atoms with E-state index in [0.29, 0.717) is 6.54 Å². The van der Waals surface area contributed by atoms with Crippen LogP contribution in [0.25, 0.3) is 0 Å². The van der Waals surface area contributed by atoms with Crippen LogP contribution in [0.2, 0.25) is 0 Å². The predicted molar refractivity (Wildman–Crippen MR) is 54.2 cm³/mol. The van der Waals surface area contributed by atoms with Gasteiger partial charge >= 0.3 is 6.09 Å². The lowest BCUT2D eigenvalue weighted by Gasteiger charge is -2.22. The van der Waals surface area contributed by atoms with Crippen molar-refractivity contribution in [3.05, 3.63) is 0 Å². The molecule has 86 valence electrons. The second-order valence-corrected chi connectivity index (χ2v) is 3.46. The maximum atomic E-state index is 11.5. The molecular formula is C9H17N3O3. The zero-order valence-electron chi connectivity index (χ0n) is 8.62. The van der Waals surface area contributed by atoms with E-state index in [1.54, 1.807) is 0 Å². The topological polar surface area (TPSA) is 93.5 Å². The van der Waals surface area contributed by atoms with Gasteiger partial charge in [-0.15, -0.1) is 0 Å². The highest BCUT2D eigenvalue weighted by atomic mass is 16.5. The zero-order chi connectivity index (χ0) is 11.1. The second kappa shape index (κ2) is 6.23. The molecule has 6 nitrogen and oxygen atoms in total. The van der Waals surface area contributed by atoms with Crippen LogP contribution < -0.4 is 16.4 Å². The number of amides is 2. The molecule has 4 N–H and O–H groups in total. The predicted octanol–water partition coefficient (Wildman–Crippen LogP) is -0.660. The van der Waals surface area contributed by atoms with Crippen molar-refractivity contribution in [1.29, 1.82) is 0 Å². The molecule has 1 heterocycles. The molecular weight excluding hydrogens is 198 g/mol. The molecule has 0 aromatic carbocycles. The van der Waals surface area contributed by atoms with Crippen LogP contribution >= 0.6 is 0 Å². The van der Waals surface area contributed by atoms with Crippen molar-refractivity contribution in [2.75, 3.05) is 19.7 Å². The lowest BCUT2D eigenvalue weighted by molar-refractivity contribution is -0.123. The highest BCUT2D eigenvalue weighted by Gasteiger charge is 2.19. The third-order valence-electron chi connectivity index (χ3n) is 2.27. The number of rotatable bonds is 4. The van der Waals surface area contributed by atoms with E-state index in [0.717, 1.165) is 25.8 Å². The van der Waals surface area contributed by atoms with Gasteiger partial charge in [-0.1, -0.05) is 6.42 Å². The number of nitrogens with one attached hydrogen (secondary N) is 2. The molecule has 0 radical (unpaired) electrons. The highest BCUT2D eigenvalue weighted by molar-refractivity contribution is 5.81. The van der Waals surface area contributed by atoms with Crippen molar-refractivity contribution in [3.63, 3.8) is 0 Å². The SMILES string of the molecule is NC(=O)OCCNC(=O)[C@@H]1CCCCN1. The Kier molecular flexibility index (Phi) is 4.89. The molecule has 1 atom stereocenters. The van der Waals surface area contributed by atoms with Gasteiger partial charge in [-0.3, -0.25) is 4.79 Å². The summed E-state index contributed by atoms with van der Waals surface area (Å²) in [5.74, 6) is -0.0391. The van der Waals surface area contributed by atoms with Crippen molar-refractivity contribution in [1.82, 2.24) is 10.6 Å². The Morgan fingerprint density at radius 2 is 2.27 bits per heavy atom. The molecule has 0 unspecified atom stereocenters. The number of nitrogens with two attached hydrogens (primary N) is 1. The number of hydrogen-bond acceptors (Lipinski definition) is 4. The van der Waals surface area contributed by atoms with Crippen LogP contribution in [0.15, 0.2) is 0 Å². The van der Waals surface area contributed by atoms with Gasteiger partial charge in [-0.2, -0.15) is 0 Å². The first-order chi connectivity index (χ1) is 7.20. The Bertz CT molecular complexity index is 227. The van der Waals surface area contributed by atoms with E-state index in [2.05, 4.69) is 15.4 Å². The molecule has 15 heavy (non-hydrogen) atoms. The first kappa shape index (κ1) is 11.8. The maximum absolute atomic E-state index is 11.5. The monoisotopic (exact) mass is 215 g/mol. The van der Waals surface area contributed by atoms with Gasteiger partial charge in [-0.05, 0) is 19.4 Å². The summed E-state index contributed by atoms with van der Waals surface area (Å²) >= 11 is 0. The molecule has 0 saturated carbocycles. The summed E-state index contributed by atoms with van der Waals surface area (Å²) < 4.78 is 4.48. The molecule has 1 rings (SSSR count). The molecule has 0 aromatic rings. The third-order valence-corrected chi connectivity index (χ3v) is 2.27. The van der Waals surface area contributed by atoms with E-state index in [9.17, 15) is 9.59 Å². The normalized spacial score (nSPS) is 20.7. The lowest BCUT2D eigenvalue weighted by atomic mass is 10.0. The van der Waals surface area contributed by atoms with Crippen molar-refractivity contribution in [3.8, 4) is 0 Å². The largest absolute Gasteiger partial charge is 0.448 e. The molecule has 1 fully saturated rings. The number of hydrogen-bond donors (Lipinski definition) is 3. The Hall–Kier alpha value is -1.30. The van der Waals surface area contributed by atoms with Crippen LogP contribution in [0.5, 0.6) is 0 Å². The van der Waals surface area contributed by atoms with Crippen molar-refractivity contribution in [2.24, 2.45) is 5.73 Å². The van der Waals surface area contributed by atoms with Gasteiger partial charge in [0.15, 0.2) is 0 Å². The fraction of sp³-hybridized carbons (Fsp3) is 0.778. The van der Waals surface area contributed by atoms with Gasteiger partial charge in [-0.25, -0.2) is 4.79 Å². The number of piperidine rings is 1. The Labute approximate surface area is 88.5 Å². The average molecular weight is 215 g/mol. The summed E-state index contributed by atoms with van der Waals surface area (Å²) in [6.07, 6.45) is 2.24. The van der Waals surface area contributed by atoms with E-state index in [4.69, 9.17) is 5.73 Å². The molecule has 0 aromatic heterocycles. The summed E-state index contributed by atoms with van der Waals surface area (Å²) in [6.45, 7) is 1.31. The van der Waals surface area contributed by atoms with Crippen LogP contribution in [0, 0.1) is 0 Å². The van der Waals surface area contributed by atoms with E-state index in [-0.39, 0.29) is 18.6 Å². The van der Waals surface area contributed by atoms with Crippen LogP contribution in [-0.4, -0.2) is 37.7 Å². The molecule has 6 heteroatoms. The number of carbonyl (C=O) groups is 2. The Morgan fingerprint density at radius 1 is 1.47 bits per heavy atom. The van der Waals surface area contributed by atoms with E-state index in [1.807, 2.05) is 0 Å². The van der Waals surface area contributed by atoms with Gasteiger partial charge in [0.1, 0.15) is 6.61 Å². The fourth-order valence-electron chi connectivity index (χ4n) is 1.52. The number of carbonyl (C=O) groups excluding carboxylic acids is 2. The first-order valence-corrected chi connectivity index (χ1v) is 5.13. The molecule has 2 amide bonds. The van der Waals surface area contributed by atoms with Crippen molar-refractivity contribution >= 4 is 12.0 Å². The molecule has 0 aliphatic carbocycles. The van der Waals surface area contributed by atoms with E-state index >= 15 is 0 Å².